The minimum absolute atomic E-state index is 0.0496. The summed E-state index contributed by atoms with van der Waals surface area (Å²) in [4.78, 5) is 25.3. The number of fused-ring (bicyclic) bond motifs is 1. The average molecular weight is 493 g/mol. The van der Waals surface area contributed by atoms with Crippen LogP contribution < -0.4 is 10.1 Å². The van der Waals surface area contributed by atoms with E-state index in [4.69, 9.17) is 4.74 Å². The summed E-state index contributed by atoms with van der Waals surface area (Å²) < 4.78 is 84.2. The number of carbonyl (C=O) groups is 2. The van der Waals surface area contributed by atoms with E-state index in [1.54, 1.807) is 6.07 Å². The minimum Gasteiger partial charge on any atom is -0.484 e. The number of halogens is 6. The van der Waals surface area contributed by atoms with Crippen LogP contribution in [0.25, 0.3) is 11.1 Å². The van der Waals surface area contributed by atoms with Gasteiger partial charge in [0.25, 0.3) is 5.91 Å². The Morgan fingerprint density at radius 1 is 0.943 bits per heavy atom. The first-order valence-electron chi connectivity index (χ1n) is 10.3. The number of benzene rings is 3. The predicted molar refractivity (Wildman–Crippen MR) is 113 cm³/mol. The van der Waals surface area contributed by atoms with E-state index in [-0.39, 0.29) is 16.9 Å². The summed E-state index contributed by atoms with van der Waals surface area (Å²) in [5, 5.41) is 2.18. The van der Waals surface area contributed by atoms with Gasteiger partial charge in [-0.05, 0) is 65.9 Å². The van der Waals surface area contributed by atoms with E-state index < -0.39 is 59.4 Å². The van der Waals surface area contributed by atoms with Crippen molar-refractivity contribution in [1.82, 2.24) is 5.32 Å². The summed E-state index contributed by atoms with van der Waals surface area (Å²) in [5.74, 6) is -5.31. The third kappa shape index (κ3) is 4.87. The van der Waals surface area contributed by atoms with Crippen molar-refractivity contribution in [3.8, 4) is 16.9 Å². The molecule has 0 saturated heterocycles. The monoisotopic (exact) mass is 493 g/mol. The fourth-order valence-corrected chi connectivity index (χ4v) is 4.03. The van der Waals surface area contributed by atoms with Gasteiger partial charge >= 0.3 is 6.18 Å². The molecule has 35 heavy (non-hydrogen) atoms. The van der Waals surface area contributed by atoms with Gasteiger partial charge in [-0.25, -0.2) is 13.2 Å². The first kappa shape index (κ1) is 24.3. The highest BCUT2D eigenvalue weighted by molar-refractivity contribution is 6.13. The second kappa shape index (κ2) is 8.75. The quantitative estimate of drug-likeness (QED) is 0.291. The van der Waals surface area contributed by atoms with E-state index in [0.29, 0.717) is 17.2 Å². The molecule has 1 unspecified atom stereocenters. The highest BCUT2D eigenvalue weighted by atomic mass is 19.4. The molecule has 1 aliphatic rings. The molecular weight excluding hydrogens is 476 g/mol. The van der Waals surface area contributed by atoms with E-state index in [1.807, 2.05) is 0 Å². The van der Waals surface area contributed by atoms with Crippen LogP contribution in [0.1, 0.15) is 28.4 Å². The van der Waals surface area contributed by atoms with Crippen molar-refractivity contribution >= 4 is 11.8 Å². The van der Waals surface area contributed by atoms with Crippen LogP contribution in [0.15, 0.2) is 54.6 Å². The Balaban J connectivity index is 1.77. The summed E-state index contributed by atoms with van der Waals surface area (Å²) in [6.07, 6.45) is -4.99. The van der Waals surface area contributed by atoms with Gasteiger partial charge in [0, 0.05) is 11.6 Å². The summed E-state index contributed by atoms with van der Waals surface area (Å²) in [6.45, 7) is -0.0777. The molecule has 0 saturated carbocycles. The molecule has 1 heterocycles. The van der Waals surface area contributed by atoms with Crippen LogP contribution in [0.4, 0.5) is 26.3 Å². The van der Waals surface area contributed by atoms with Gasteiger partial charge in [0.05, 0.1) is 5.41 Å². The number of imide groups is 1. The lowest BCUT2D eigenvalue weighted by atomic mass is 9.71. The summed E-state index contributed by atoms with van der Waals surface area (Å²) in [7, 11) is 0. The maximum atomic E-state index is 14.4. The van der Waals surface area contributed by atoms with E-state index >= 15 is 0 Å². The number of alkyl halides is 3. The Morgan fingerprint density at radius 2 is 1.66 bits per heavy atom. The van der Waals surface area contributed by atoms with Gasteiger partial charge in [-0.2, -0.15) is 13.2 Å². The fraction of sp³-hybridized carbons (Fsp3) is 0.200. The second-order valence-electron chi connectivity index (χ2n) is 8.34. The molecule has 1 atom stereocenters. The highest BCUT2D eigenvalue weighted by Crippen LogP contribution is 2.38. The number of carbonyl (C=O) groups excluding carboxylic acids is 2. The van der Waals surface area contributed by atoms with E-state index in [0.717, 1.165) is 6.07 Å². The first-order chi connectivity index (χ1) is 16.4. The van der Waals surface area contributed by atoms with Crippen LogP contribution in [0.2, 0.25) is 0 Å². The lowest BCUT2D eigenvalue weighted by Gasteiger charge is -2.34. The Kier molecular flexibility index (Phi) is 6.08. The summed E-state index contributed by atoms with van der Waals surface area (Å²) >= 11 is 0. The lowest BCUT2D eigenvalue weighted by Crippen LogP contribution is -2.51. The molecule has 3 aromatic rings. The van der Waals surface area contributed by atoms with Crippen molar-refractivity contribution in [3.63, 3.8) is 0 Å². The van der Waals surface area contributed by atoms with Gasteiger partial charge in [0.1, 0.15) is 11.6 Å². The number of hydrogen-bond donors (Lipinski definition) is 1. The second-order valence-corrected chi connectivity index (χ2v) is 8.34. The molecule has 182 valence electrons. The maximum Gasteiger partial charge on any atom is 0.422 e. The minimum atomic E-state index is -4.52. The summed E-state index contributed by atoms with van der Waals surface area (Å²) in [6, 6.07) is 11.3. The zero-order chi connectivity index (χ0) is 25.5. The lowest BCUT2D eigenvalue weighted by molar-refractivity contribution is -0.153. The van der Waals surface area contributed by atoms with Crippen molar-refractivity contribution in [2.75, 3.05) is 6.61 Å². The number of ether oxygens (including phenoxy) is 1. The number of hydrogen-bond acceptors (Lipinski definition) is 3. The first-order valence-corrected chi connectivity index (χ1v) is 10.3. The molecule has 1 aliphatic heterocycles. The van der Waals surface area contributed by atoms with Gasteiger partial charge < -0.3 is 4.74 Å². The van der Waals surface area contributed by atoms with Crippen LogP contribution >= 0.6 is 0 Å². The van der Waals surface area contributed by atoms with Crippen molar-refractivity contribution < 1.29 is 40.7 Å². The Hall–Kier alpha value is -3.82. The van der Waals surface area contributed by atoms with Crippen LogP contribution in [0, 0.1) is 17.5 Å². The predicted octanol–water partition coefficient (Wildman–Crippen LogP) is 5.48. The maximum absolute atomic E-state index is 14.4. The van der Waals surface area contributed by atoms with Crippen molar-refractivity contribution in [3.05, 3.63) is 88.7 Å². The van der Waals surface area contributed by atoms with Crippen molar-refractivity contribution in [2.45, 2.75) is 24.9 Å². The molecule has 0 radical (unpaired) electrons. The Morgan fingerprint density at radius 3 is 2.37 bits per heavy atom. The third-order valence-electron chi connectivity index (χ3n) is 5.77. The van der Waals surface area contributed by atoms with E-state index in [1.165, 1.54) is 43.3 Å². The average Bonchev–Trinajstić information content (AvgIpc) is 2.79. The van der Waals surface area contributed by atoms with Crippen molar-refractivity contribution in [1.29, 1.82) is 0 Å². The molecule has 0 bridgehead atoms. The molecule has 0 spiro atoms. The van der Waals surface area contributed by atoms with Crippen LogP contribution in [-0.2, 0) is 16.6 Å². The van der Waals surface area contributed by atoms with Crippen LogP contribution in [-0.4, -0.2) is 24.6 Å². The molecule has 1 N–H and O–H groups in total. The zero-order valence-electron chi connectivity index (χ0n) is 18.1. The van der Waals surface area contributed by atoms with Crippen LogP contribution in [0.5, 0.6) is 5.75 Å². The number of amides is 2. The zero-order valence-corrected chi connectivity index (χ0v) is 18.1. The third-order valence-corrected chi connectivity index (χ3v) is 5.77. The van der Waals surface area contributed by atoms with Crippen molar-refractivity contribution in [2.24, 2.45) is 0 Å². The van der Waals surface area contributed by atoms with Gasteiger partial charge in [0.15, 0.2) is 18.2 Å². The van der Waals surface area contributed by atoms with E-state index in [9.17, 15) is 35.9 Å². The van der Waals surface area contributed by atoms with Gasteiger partial charge in [0.2, 0.25) is 5.91 Å². The summed E-state index contributed by atoms with van der Waals surface area (Å²) in [5.41, 5.74) is -0.859. The van der Waals surface area contributed by atoms with Gasteiger partial charge in [-0.15, -0.1) is 0 Å². The molecule has 4 nitrogen and oxygen atoms in total. The smallest absolute Gasteiger partial charge is 0.422 e. The topological polar surface area (TPSA) is 55.4 Å². The molecule has 0 aliphatic carbocycles. The van der Waals surface area contributed by atoms with Gasteiger partial charge in [-0.1, -0.05) is 18.2 Å². The normalized spacial score (nSPS) is 17.7. The van der Waals surface area contributed by atoms with Crippen LogP contribution in [0.3, 0.4) is 0 Å². The molecule has 10 heteroatoms. The number of nitrogens with one attached hydrogen (secondary N) is 1. The standard InChI is InChI=1S/C25H17F6NO3/c1-24(11-15-7-16(26)10-20(27)21(15)28)19-9-14(5-6-18(19)22(33)32-23(24)34)13-3-2-4-17(8-13)35-12-25(29,30)31/h2-10H,11-12H2,1H3,(H,32,33,34). The Labute approximate surface area is 195 Å². The van der Waals surface area contributed by atoms with E-state index in [2.05, 4.69) is 5.32 Å². The molecule has 2 amide bonds. The molecule has 4 rings (SSSR count). The fourth-order valence-electron chi connectivity index (χ4n) is 4.03. The van der Waals surface area contributed by atoms with Gasteiger partial charge in [-0.3, -0.25) is 14.9 Å². The number of rotatable bonds is 5. The largest absolute Gasteiger partial charge is 0.484 e. The SMILES string of the molecule is CC1(Cc2cc(F)cc(F)c2F)C(=O)NC(=O)c2ccc(-c3cccc(OCC(F)(F)F)c3)cc21. The molecular formula is C25H17F6NO3. The molecule has 0 aromatic heterocycles. The Bertz CT molecular complexity index is 1340. The highest BCUT2D eigenvalue weighted by Gasteiger charge is 2.44. The molecule has 3 aromatic carbocycles. The molecule has 0 fully saturated rings.